The van der Waals surface area contributed by atoms with Gasteiger partial charge in [0.1, 0.15) is 11.5 Å². The second-order valence-corrected chi connectivity index (χ2v) is 6.04. The van der Waals surface area contributed by atoms with Crippen molar-refractivity contribution < 1.29 is 14.3 Å². The van der Waals surface area contributed by atoms with Crippen molar-refractivity contribution in [2.75, 3.05) is 19.8 Å². The summed E-state index contributed by atoms with van der Waals surface area (Å²) in [7, 11) is 0. The second-order valence-electron chi connectivity index (χ2n) is 6.04. The highest BCUT2D eigenvalue weighted by molar-refractivity contribution is 5.96. The molecule has 126 valence electrons. The lowest BCUT2D eigenvalue weighted by atomic mass is 10.2. The average Bonchev–Trinajstić information content (AvgIpc) is 3.43. The zero-order valence-corrected chi connectivity index (χ0v) is 13.7. The molecule has 4 heteroatoms. The van der Waals surface area contributed by atoms with E-state index in [0.29, 0.717) is 30.2 Å². The van der Waals surface area contributed by atoms with Gasteiger partial charge in [0, 0.05) is 19.8 Å². The number of nitrogens with one attached hydrogen (secondary N) is 1. The molecule has 0 atom stereocenters. The minimum Gasteiger partial charge on any atom is -0.457 e. The molecular weight excluding hydrogens is 302 g/mol. The zero-order valence-electron chi connectivity index (χ0n) is 13.7. The first-order valence-corrected chi connectivity index (χ1v) is 8.51. The maximum absolute atomic E-state index is 12.4. The summed E-state index contributed by atoms with van der Waals surface area (Å²) in [6.07, 6.45) is 3.42. The standard InChI is InChI=1S/C20H23NO3/c22-20(21-13-6-14-23-15-16-11-12-16)18-9-4-5-10-19(18)24-17-7-2-1-3-8-17/h1-5,7-10,16H,6,11-15H2,(H,21,22). The summed E-state index contributed by atoms with van der Waals surface area (Å²) in [5.41, 5.74) is 0.542. The van der Waals surface area contributed by atoms with Crippen LogP contribution in [0.1, 0.15) is 29.6 Å². The molecule has 0 heterocycles. The monoisotopic (exact) mass is 325 g/mol. The first-order valence-electron chi connectivity index (χ1n) is 8.51. The van der Waals surface area contributed by atoms with Gasteiger partial charge in [0.25, 0.3) is 5.91 Å². The van der Waals surface area contributed by atoms with Crippen molar-refractivity contribution in [3.63, 3.8) is 0 Å². The molecular formula is C20H23NO3. The van der Waals surface area contributed by atoms with Crippen LogP contribution in [-0.2, 0) is 4.74 Å². The van der Waals surface area contributed by atoms with E-state index >= 15 is 0 Å². The predicted molar refractivity (Wildman–Crippen MR) is 93.5 cm³/mol. The third-order valence-corrected chi connectivity index (χ3v) is 3.90. The summed E-state index contributed by atoms with van der Waals surface area (Å²) in [5.74, 6) is 1.93. The summed E-state index contributed by atoms with van der Waals surface area (Å²) in [6.45, 7) is 2.16. The summed E-state index contributed by atoms with van der Waals surface area (Å²) in [5, 5.41) is 2.93. The number of rotatable bonds is 9. The van der Waals surface area contributed by atoms with E-state index in [-0.39, 0.29) is 5.91 Å². The SMILES string of the molecule is O=C(NCCCOCC1CC1)c1ccccc1Oc1ccccc1. The highest BCUT2D eigenvalue weighted by Gasteiger charge is 2.20. The van der Waals surface area contributed by atoms with Gasteiger partial charge in [0.15, 0.2) is 0 Å². The molecule has 0 spiro atoms. The molecule has 0 aliphatic heterocycles. The third kappa shape index (κ3) is 5.10. The summed E-state index contributed by atoms with van der Waals surface area (Å²) in [6, 6.07) is 16.7. The van der Waals surface area contributed by atoms with Crippen LogP contribution in [-0.4, -0.2) is 25.7 Å². The molecule has 0 aromatic heterocycles. The van der Waals surface area contributed by atoms with Gasteiger partial charge in [0.2, 0.25) is 0 Å². The van der Waals surface area contributed by atoms with Crippen LogP contribution in [0, 0.1) is 5.92 Å². The molecule has 4 nitrogen and oxygen atoms in total. The number of ether oxygens (including phenoxy) is 2. The molecule has 1 N–H and O–H groups in total. The van der Waals surface area contributed by atoms with Crippen LogP contribution >= 0.6 is 0 Å². The van der Waals surface area contributed by atoms with Crippen molar-refractivity contribution in [2.45, 2.75) is 19.3 Å². The van der Waals surface area contributed by atoms with Gasteiger partial charge in [-0.25, -0.2) is 0 Å². The van der Waals surface area contributed by atoms with Gasteiger partial charge in [-0.15, -0.1) is 0 Å². The molecule has 24 heavy (non-hydrogen) atoms. The van der Waals surface area contributed by atoms with Gasteiger partial charge in [0.05, 0.1) is 5.56 Å². The Kier molecular flexibility index (Phi) is 5.85. The lowest BCUT2D eigenvalue weighted by Crippen LogP contribution is -2.25. The highest BCUT2D eigenvalue weighted by Crippen LogP contribution is 2.28. The summed E-state index contributed by atoms with van der Waals surface area (Å²) >= 11 is 0. The number of hydrogen-bond donors (Lipinski definition) is 1. The number of para-hydroxylation sites is 2. The van der Waals surface area contributed by atoms with Crippen LogP contribution in [0.2, 0.25) is 0 Å². The van der Waals surface area contributed by atoms with Crippen LogP contribution in [0.15, 0.2) is 54.6 Å². The normalized spacial score (nSPS) is 13.5. The van der Waals surface area contributed by atoms with E-state index in [1.165, 1.54) is 12.8 Å². The van der Waals surface area contributed by atoms with Crippen LogP contribution in [0.5, 0.6) is 11.5 Å². The largest absolute Gasteiger partial charge is 0.457 e. The number of carbonyl (C=O) groups excluding carboxylic acids is 1. The molecule has 0 unspecified atom stereocenters. The fourth-order valence-electron chi connectivity index (χ4n) is 2.36. The molecule has 1 aliphatic carbocycles. The fraction of sp³-hybridized carbons (Fsp3) is 0.350. The van der Waals surface area contributed by atoms with Gasteiger partial charge < -0.3 is 14.8 Å². The molecule has 1 aliphatic rings. The van der Waals surface area contributed by atoms with Crippen molar-refractivity contribution in [3.05, 3.63) is 60.2 Å². The van der Waals surface area contributed by atoms with E-state index in [0.717, 1.165) is 18.9 Å². The number of hydrogen-bond acceptors (Lipinski definition) is 3. The zero-order chi connectivity index (χ0) is 16.6. The minimum absolute atomic E-state index is 0.122. The van der Waals surface area contributed by atoms with E-state index in [1.54, 1.807) is 12.1 Å². The molecule has 1 fully saturated rings. The Bertz CT molecular complexity index is 653. The first-order chi connectivity index (χ1) is 11.8. The van der Waals surface area contributed by atoms with Crippen molar-refractivity contribution in [2.24, 2.45) is 5.92 Å². The lowest BCUT2D eigenvalue weighted by molar-refractivity contribution is 0.0935. The molecule has 1 amide bonds. The Morgan fingerprint density at radius 2 is 1.79 bits per heavy atom. The molecule has 0 bridgehead atoms. The number of amides is 1. The fourth-order valence-corrected chi connectivity index (χ4v) is 2.36. The van der Waals surface area contributed by atoms with Crippen molar-refractivity contribution in [1.82, 2.24) is 5.32 Å². The van der Waals surface area contributed by atoms with Crippen LogP contribution in [0.4, 0.5) is 0 Å². The van der Waals surface area contributed by atoms with Crippen molar-refractivity contribution in [3.8, 4) is 11.5 Å². The molecule has 2 aromatic carbocycles. The van der Waals surface area contributed by atoms with E-state index in [2.05, 4.69) is 5.32 Å². The Balaban J connectivity index is 1.48. The third-order valence-electron chi connectivity index (χ3n) is 3.90. The molecule has 1 saturated carbocycles. The number of carbonyl (C=O) groups is 1. The average molecular weight is 325 g/mol. The van der Waals surface area contributed by atoms with Crippen LogP contribution in [0.3, 0.4) is 0 Å². The minimum atomic E-state index is -0.122. The van der Waals surface area contributed by atoms with E-state index in [1.807, 2.05) is 42.5 Å². The predicted octanol–water partition coefficient (Wildman–Crippen LogP) is 4.03. The van der Waals surface area contributed by atoms with Gasteiger partial charge in [-0.3, -0.25) is 4.79 Å². The van der Waals surface area contributed by atoms with Crippen LogP contribution in [0.25, 0.3) is 0 Å². The first kappa shape index (κ1) is 16.5. The Morgan fingerprint density at radius 1 is 1.04 bits per heavy atom. The maximum Gasteiger partial charge on any atom is 0.255 e. The molecule has 0 radical (unpaired) electrons. The van der Waals surface area contributed by atoms with Crippen LogP contribution < -0.4 is 10.1 Å². The summed E-state index contributed by atoms with van der Waals surface area (Å²) in [4.78, 5) is 12.4. The van der Waals surface area contributed by atoms with E-state index in [4.69, 9.17) is 9.47 Å². The summed E-state index contributed by atoms with van der Waals surface area (Å²) < 4.78 is 11.4. The van der Waals surface area contributed by atoms with E-state index in [9.17, 15) is 4.79 Å². The Morgan fingerprint density at radius 3 is 2.58 bits per heavy atom. The van der Waals surface area contributed by atoms with Gasteiger partial charge in [-0.05, 0) is 49.4 Å². The quantitative estimate of drug-likeness (QED) is 0.708. The topological polar surface area (TPSA) is 47.6 Å². The molecule has 2 aromatic rings. The molecule has 3 rings (SSSR count). The van der Waals surface area contributed by atoms with Gasteiger partial charge in [-0.1, -0.05) is 30.3 Å². The highest BCUT2D eigenvalue weighted by atomic mass is 16.5. The van der Waals surface area contributed by atoms with Crippen molar-refractivity contribution >= 4 is 5.91 Å². The second kappa shape index (κ2) is 8.50. The van der Waals surface area contributed by atoms with Gasteiger partial charge >= 0.3 is 0 Å². The van der Waals surface area contributed by atoms with E-state index < -0.39 is 0 Å². The lowest BCUT2D eigenvalue weighted by Gasteiger charge is -2.11. The van der Waals surface area contributed by atoms with Crippen molar-refractivity contribution in [1.29, 1.82) is 0 Å². The maximum atomic E-state index is 12.4. The molecule has 0 saturated heterocycles. The Labute approximate surface area is 142 Å². The van der Waals surface area contributed by atoms with Gasteiger partial charge in [-0.2, -0.15) is 0 Å². The Hall–Kier alpha value is -2.33. The smallest absolute Gasteiger partial charge is 0.255 e. The number of benzene rings is 2.